The van der Waals surface area contributed by atoms with Gasteiger partial charge in [-0.05, 0) is 38.0 Å². The minimum absolute atomic E-state index is 0. The molecule has 7 heteroatoms. The lowest BCUT2D eigenvalue weighted by Crippen LogP contribution is -2.42. The van der Waals surface area contributed by atoms with E-state index >= 15 is 0 Å². The van der Waals surface area contributed by atoms with Crippen LogP contribution in [0.1, 0.15) is 71.4 Å². The zero-order valence-corrected chi connectivity index (χ0v) is 18.8. The molecule has 0 saturated heterocycles. The normalized spacial score (nSPS) is 16.4. The number of hydrogen-bond donors (Lipinski definition) is 2. The predicted molar refractivity (Wildman–Crippen MR) is 114 cm³/mol. The number of aryl methyl sites for hydroxylation is 1. The number of fused-ring (bicyclic) bond motifs is 1. The zero-order chi connectivity index (χ0) is 17.6. The summed E-state index contributed by atoms with van der Waals surface area (Å²) in [4.78, 5) is 4.34. The SMILES string of the molecule is CN=C(NCc1nnc2n1CCCCC2)NC(C)CCC(C)(C)C.I. The van der Waals surface area contributed by atoms with E-state index in [-0.39, 0.29) is 24.0 Å². The molecule has 0 aliphatic carbocycles. The topological polar surface area (TPSA) is 67.1 Å². The second-order valence-electron chi connectivity index (χ2n) is 8.07. The van der Waals surface area contributed by atoms with Gasteiger partial charge in [-0.1, -0.05) is 27.2 Å². The maximum atomic E-state index is 4.36. The van der Waals surface area contributed by atoms with E-state index in [1.165, 1.54) is 25.7 Å². The van der Waals surface area contributed by atoms with E-state index in [0.29, 0.717) is 18.0 Å². The second-order valence-corrected chi connectivity index (χ2v) is 8.07. The van der Waals surface area contributed by atoms with Crippen LogP contribution in [0.3, 0.4) is 0 Å². The number of nitrogens with zero attached hydrogens (tertiary/aromatic N) is 4. The van der Waals surface area contributed by atoms with E-state index in [1.54, 1.807) is 0 Å². The Morgan fingerprint density at radius 1 is 1.24 bits per heavy atom. The molecule has 2 N–H and O–H groups in total. The number of rotatable bonds is 5. The van der Waals surface area contributed by atoms with Gasteiger partial charge in [0.1, 0.15) is 5.82 Å². The average Bonchev–Trinajstić information content (AvgIpc) is 2.76. The van der Waals surface area contributed by atoms with Crippen molar-refractivity contribution in [1.82, 2.24) is 25.4 Å². The molecule has 1 aromatic heterocycles. The van der Waals surface area contributed by atoms with Crippen molar-refractivity contribution in [3.05, 3.63) is 11.6 Å². The van der Waals surface area contributed by atoms with E-state index in [2.05, 4.69) is 58.1 Å². The van der Waals surface area contributed by atoms with Crippen LogP contribution in [0, 0.1) is 5.41 Å². The minimum Gasteiger partial charge on any atom is -0.354 e. The van der Waals surface area contributed by atoms with Crippen molar-refractivity contribution in [3.8, 4) is 0 Å². The molecule has 0 radical (unpaired) electrons. The number of halogens is 1. The zero-order valence-electron chi connectivity index (χ0n) is 16.4. The molecule has 1 aliphatic rings. The van der Waals surface area contributed by atoms with Gasteiger partial charge in [0, 0.05) is 26.1 Å². The number of hydrogen-bond acceptors (Lipinski definition) is 3. The minimum atomic E-state index is 0. The standard InChI is InChI=1S/C18H34N6.HI/c1-14(10-11-18(2,3)4)21-17(19-5)20-13-16-23-22-15-9-7-6-8-12-24(15)16;/h14H,6-13H2,1-5H3,(H2,19,20,21);1H. The van der Waals surface area contributed by atoms with Crippen LogP contribution in [0.4, 0.5) is 0 Å². The van der Waals surface area contributed by atoms with Crippen molar-refractivity contribution in [2.24, 2.45) is 10.4 Å². The highest BCUT2D eigenvalue weighted by atomic mass is 127. The molecule has 25 heavy (non-hydrogen) atoms. The maximum Gasteiger partial charge on any atom is 0.191 e. The summed E-state index contributed by atoms with van der Waals surface area (Å²) in [5, 5.41) is 15.6. The number of aromatic nitrogens is 3. The third kappa shape index (κ3) is 7.50. The summed E-state index contributed by atoms with van der Waals surface area (Å²) in [7, 11) is 1.82. The van der Waals surface area contributed by atoms with Crippen LogP contribution in [0.2, 0.25) is 0 Å². The molecule has 6 nitrogen and oxygen atoms in total. The van der Waals surface area contributed by atoms with E-state index in [1.807, 2.05) is 7.05 Å². The first kappa shape index (κ1) is 22.2. The molecule has 1 unspecified atom stereocenters. The van der Waals surface area contributed by atoms with Crippen molar-refractivity contribution in [3.63, 3.8) is 0 Å². The van der Waals surface area contributed by atoms with Crippen molar-refractivity contribution in [1.29, 1.82) is 0 Å². The van der Waals surface area contributed by atoms with Gasteiger partial charge in [0.25, 0.3) is 0 Å². The Balaban J connectivity index is 0.00000312. The molecule has 2 heterocycles. The van der Waals surface area contributed by atoms with Crippen molar-refractivity contribution in [2.45, 2.75) is 85.4 Å². The van der Waals surface area contributed by atoms with E-state index in [4.69, 9.17) is 0 Å². The number of aliphatic imine (C=N–C) groups is 1. The number of guanidine groups is 1. The molecule has 0 fully saturated rings. The fraction of sp³-hybridized carbons (Fsp3) is 0.833. The fourth-order valence-electron chi connectivity index (χ4n) is 2.99. The first-order chi connectivity index (χ1) is 11.4. The van der Waals surface area contributed by atoms with Gasteiger partial charge in [0.15, 0.2) is 11.8 Å². The smallest absolute Gasteiger partial charge is 0.191 e. The van der Waals surface area contributed by atoms with Crippen molar-refractivity contribution >= 4 is 29.9 Å². The van der Waals surface area contributed by atoms with Crippen LogP contribution < -0.4 is 10.6 Å². The summed E-state index contributed by atoms with van der Waals surface area (Å²) < 4.78 is 2.27. The highest BCUT2D eigenvalue weighted by Gasteiger charge is 2.16. The molecular formula is C18H35IN6. The highest BCUT2D eigenvalue weighted by molar-refractivity contribution is 14.0. The largest absolute Gasteiger partial charge is 0.354 e. The van der Waals surface area contributed by atoms with Gasteiger partial charge < -0.3 is 15.2 Å². The molecule has 0 aromatic carbocycles. The third-order valence-electron chi connectivity index (χ3n) is 4.53. The molecule has 0 bridgehead atoms. The summed E-state index contributed by atoms with van der Waals surface area (Å²) in [5.74, 6) is 2.98. The van der Waals surface area contributed by atoms with Gasteiger partial charge in [0.2, 0.25) is 0 Å². The van der Waals surface area contributed by atoms with Crippen LogP contribution in [-0.2, 0) is 19.5 Å². The molecule has 144 valence electrons. The van der Waals surface area contributed by atoms with E-state index in [0.717, 1.165) is 37.0 Å². The summed E-state index contributed by atoms with van der Waals surface area (Å²) in [6.45, 7) is 10.8. The average molecular weight is 462 g/mol. The Hall–Kier alpha value is -0.860. The van der Waals surface area contributed by atoms with Crippen LogP contribution in [-0.4, -0.2) is 33.8 Å². The summed E-state index contributed by atoms with van der Waals surface area (Å²) in [6.07, 6.45) is 7.09. The molecule has 2 rings (SSSR count). The molecule has 1 aliphatic heterocycles. The van der Waals surface area contributed by atoms with E-state index in [9.17, 15) is 0 Å². The Bertz CT molecular complexity index is 546. The Morgan fingerprint density at radius 2 is 2.00 bits per heavy atom. The predicted octanol–water partition coefficient (Wildman–Crippen LogP) is 3.50. The summed E-state index contributed by atoms with van der Waals surface area (Å²) >= 11 is 0. The highest BCUT2D eigenvalue weighted by Crippen LogP contribution is 2.21. The Labute approximate surface area is 169 Å². The second kappa shape index (κ2) is 10.3. The van der Waals surface area contributed by atoms with Gasteiger partial charge in [0.05, 0.1) is 6.54 Å². The van der Waals surface area contributed by atoms with Gasteiger partial charge >= 0.3 is 0 Å². The molecular weight excluding hydrogens is 427 g/mol. The Kier molecular flexibility index (Phi) is 9.16. The third-order valence-corrected chi connectivity index (χ3v) is 4.53. The summed E-state index contributed by atoms with van der Waals surface area (Å²) in [6, 6.07) is 0.394. The molecule has 1 aromatic rings. The van der Waals surface area contributed by atoms with Crippen molar-refractivity contribution < 1.29 is 0 Å². The fourth-order valence-corrected chi connectivity index (χ4v) is 2.99. The Morgan fingerprint density at radius 3 is 2.68 bits per heavy atom. The van der Waals surface area contributed by atoms with Gasteiger partial charge in [-0.2, -0.15) is 0 Å². The molecule has 0 amide bonds. The quantitative estimate of drug-likeness (QED) is 0.400. The number of nitrogens with one attached hydrogen (secondary N) is 2. The van der Waals surface area contributed by atoms with E-state index < -0.39 is 0 Å². The van der Waals surface area contributed by atoms with Gasteiger partial charge in [-0.15, -0.1) is 34.2 Å². The van der Waals surface area contributed by atoms with Crippen LogP contribution in [0.25, 0.3) is 0 Å². The summed E-state index contributed by atoms with van der Waals surface area (Å²) in [5.41, 5.74) is 0.367. The lowest BCUT2D eigenvalue weighted by molar-refractivity contribution is 0.346. The van der Waals surface area contributed by atoms with Gasteiger partial charge in [-0.3, -0.25) is 4.99 Å². The van der Waals surface area contributed by atoms with Crippen LogP contribution in [0.15, 0.2) is 4.99 Å². The molecule has 0 saturated carbocycles. The first-order valence-corrected chi connectivity index (χ1v) is 9.27. The van der Waals surface area contributed by atoms with Crippen molar-refractivity contribution in [2.75, 3.05) is 7.05 Å². The lowest BCUT2D eigenvalue weighted by Gasteiger charge is -2.23. The monoisotopic (exact) mass is 462 g/mol. The van der Waals surface area contributed by atoms with Gasteiger partial charge in [-0.25, -0.2) is 0 Å². The first-order valence-electron chi connectivity index (χ1n) is 9.27. The molecule has 0 spiro atoms. The van der Waals surface area contributed by atoms with Crippen LogP contribution >= 0.6 is 24.0 Å². The molecule has 1 atom stereocenters. The lowest BCUT2D eigenvalue weighted by atomic mass is 9.89. The maximum absolute atomic E-state index is 4.36. The van der Waals surface area contributed by atoms with Crippen LogP contribution in [0.5, 0.6) is 0 Å².